The predicted molar refractivity (Wildman–Crippen MR) is 78.8 cm³/mol. The molecular formula is C15H22NSiTi-. The second-order valence-corrected chi connectivity index (χ2v) is 6.23. The van der Waals surface area contributed by atoms with Crippen LogP contribution >= 0.6 is 0 Å². The average Bonchev–Trinajstić information content (AvgIpc) is 2.61. The van der Waals surface area contributed by atoms with Crippen LogP contribution in [0.3, 0.4) is 0 Å². The summed E-state index contributed by atoms with van der Waals surface area (Å²) >= 11 is 0. The van der Waals surface area contributed by atoms with Gasteiger partial charge in [-0.05, 0) is 5.56 Å². The van der Waals surface area contributed by atoms with Gasteiger partial charge in [-0.1, -0.05) is 81.9 Å². The quantitative estimate of drug-likeness (QED) is 0.665. The molecule has 1 aromatic rings. The smallest absolute Gasteiger partial charge is 0.0307 e. The van der Waals surface area contributed by atoms with Gasteiger partial charge in [0.05, 0.1) is 0 Å². The molecule has 0 aliphatic heterocycles. The number of hydrogen-bond acceptors (Lipinski definition) is 0. The summed E-state index contributed by atoms with van der Waals surface area (Å²) in [6.45, 7) is 10.7. The second kappa shape index (κ2) is 8.11. The summed E-state index contributed by atoms with van der Waals surface area (Å²) < 4.78 is 0. The molecule has 1 unspecified atom stereocenters. The summed E-state index contributed by atoms with van der Waals surface area (Å²) in [7, 11) is 1.08. The Morgan fingerprint density at radius 3 is 2.22 bits per heavy atom. The van der Waals surface area contributed by atoms with Gasteiger partial charge in [-0.3, -0.25) is 0 Å². The van der Waals surface area contributed by atoms with E-state index >= 15 is 0 Å². The Bertz CT molecular complexity index is 382. The van der Waals surface area contributed by atoms with E-state index in [9.17, 15) is 0 Å². The molecule has 1 aliphatic rings. The molecular weight excluding hydrogens is 270 g/mol. The zero-order chi connectivity index (χ0) is 12.9. The second-order valence-electron chi connectivity index (χ2n) is 5.23. The van der Waals surface area contributed by atoms with Crippen LogP contribution in [0.25, 0.3) is 11.4 Å². The van der Waals surface area contributed by atoms with Gasteiger partial charge in [0, 0.05) is 31.2 Å². The minimum atomic E-state index is 0. The van der Waals surface area contributed by atoms with Gasteiger partial charge in [0.1, 0.15) is 0 Å². The van der Waals surface area contributed by atoms with Crippen molar-refractivity contribution in [2.45, 2.75) is 45.4 Å². The van der Waals surface area contributed by atoms with Crippen LogP contribution in [0, 0.1) is 0 Å². The maximum Gasteiger partial charge on any atom is 0.0307 e. The van der Waals surface area contributed by atoms with Crippen LogP contribution in [0.15, 0.2) is 30.3 Å². The largest absolute Gasteiger partial charge is 0.648 e. The van der Waals surface area contributed by atoms with Crippen molar-refractivity contribution in [1.82, 2.24) is 0 Å². The van der Waals surface area contributed by atoms with Gasteiger partial charge < -0.3 is 5.32 Å². The molecule has 1 atom stereocenters. The van der Waals surface area contributed by atoms with Gasteiger partial charge in [-0.25, -0.2) is 0 Å². The average molecular weight is 292 g/mol. The van der Waals surface area contributed by atoms with Crippen LogP contribution in [0.5, 0.6) is 0 Å². The Labute approximate surface area is 129 Å². The number of fused-ring (bicyclic) bond motifs is 1. The van der Waals surface area contributed by atoms with Crippen molar-refractivity contribution in [1.29, 1.82) is 0 Å². The molecule has 18 heavy (non-hydrogen) atoms. The van der Waals surface area contributed by atoms with Gasteiger partial charge in [0.15, 0.2) is 0 Å². The van der Waals surface area contributed by atoms with Gasteiger partial charge >= 0.3 is 0 Å². The van der Waals surface area contributed by atoms with E-state index < -0.39 is 0 Å². The van der Waals surface area contributed by atoms with Crippen molar-refractivity contribution in [2.24, 2.45) is 0 Å². The first-order chi connectivity index (χ1) is 7.98. The van der Waals surface area contributed by atoms with Crippen molar-refractivity contribution in [2.75, 3.05) is 0 Å². The Morgan fingerprint density at radius 1 is 1.11 bits per heavy atom. The molecule has 2 rings (SSSR count). The fourth-order valence-electron chi connectivity index (χ4n) is 1.76. The minimum absolute atomic E-state index is 0. The molecule has 0 heterocycles. The fraction of sp³-hybridized carbons (Fsp3) is 0.467. The molecule has 0 fully saturated rings. The molecule has 0 aromatic heterocycles. The van der Waals surface area contributed by atoms with Crippen LogP contribution in [0.4, 0.5) is 0 Å². The van der Waals surface area contributed by atoms with Crippen molar-refractivity contribution in [3.8, 4) is 0 Å². The molecule has 2 radical (unpaired) electrons. The van der Waals surface area contributed by atoms with E-state index in [4.69, 9.17) is 5.32 Å². The molecule has 0 N–H and O–H groups in total. The number of benzene rings is 1. The van der Waals surface area contributed by atoms with Crippen LogP contribution in [-0.2, 0) is 21.7 Å². The maximum absolute atomic E-state index is 4.76. The van der Waals surface area contributed by atoms with E-state index in [-0.39, 0.29) is 33.3 Å². The van der Waals surface area contributed by atoms with Crippen molar-refractivity contribution in [3.05, 3.63) is 46.8 Å². The zero-order valence-electron chi connectivity index (χ0n) is 12.0. The Balaban J connectivity index is 0.000000660. The first kappa shape index (κ1) is 17.9. The molecule has 1 aliphatic carbocycles. The van der Waals surface area contributed by atoms with Gasteiger partial charge in [-0.15, -0.1) is 5.54 Å². The standard InChI is InChI=1S/C13H16N.C2H6Si.Ti/c1-13(2,3)14-12-9-8-10-6-4-5-7-11(10)12;1-3-2;/h4-9,12H,1-3H3;1-2H3;/q-1;;. The van der Waals surface area contributed by atoms with E-state index in [0.717, 1.165) is 9.52 Å². The fourth-order valence-corrected chi connectivity index (χ4v) is 1.76. The maximum atomic E-state index is 4.76. The molecule has 0 saturated heterocycles. The van der Waals surface area contributed by atoms with Crippen LogP contribution < -0.4 is 0 Å². The third-order valence-electron chi connectivity index (χ3n) is 2.30. The van der Waals surface area contributed by atoms with Gasteiger partial charge in [0.25, 0.3) is 0 Å². The SMILES string of the molecule is CC(C)(C)[N-]C1C=Cc2ccccc21.C[Si]C.[Ti]. The molecule has 1 nitrogen and oxygen atoms in total. The first-order valence-electron chi connectivity index (χ1n) is 6.05. The van der Waals surface area contributed by atoms with E-state index in [1.165, 1.54) is 11.1 Å². The summed E-state index contributed by atoms with van der Waals surface area (Å²) in [5, 5.41) is 4.76. The summed E-state index contributed by atoms with van der Waals surface area (Å²) in [5.41, 5.74) is 2.68. The molecule has 0 saturated carbocycles. The molecule has 0 amide bonds. The summed E-state index contributed by atoms with van der Waals surface area (Å²) in [4.78, 5) is 0. The van der Waals surface area contributed by atoms with Crippen molar-refractivity contribution < 1.29 is 21.7 Å². The third kappa shape index (κ3) is 5.66. The number of hydrogen-bond donors (Lipinski definition) is 0. The van der Waals surface area contributed by atoms with Crippen LogP contribution in [0.2, 0.25) is 13.1 Å². The van der Waals surface area contributed by atoms with E-state index in [0.29, 0.717) is 0 Å². The first-order valence-corrected chi connectivity index (χ1v) is 8.05. The van der Waals surface area contributed by atoms with Crippen LogP contribution in [0.1, 0.15) is 37.9 Å². The summed E-state index contributed by atoms with van der Waals surface area (Å²) in [6, 6.07) is 8.71. The number of nitrogens with zero attached hydrogens (tertiary/aromatic N) is 1. The number of rotatable bonds is 1. The minimum Gasteiger partial charge on any atom is -0.648 e. The van der Waals surface area contributed by atoms with E-state index in [1.807, 2.05) is 0 Å². The Hall–Kier alpha value is -0.149. The van der Waals surface area contributed by atoms with E-state index in [2.05, 4.69) is 70.3 Å². The summed E-state index contributed by atoms with van der Waals surface area (Å²) in [5.74, 6) is 0. The molecule has 0 bridgehead atoms. The van der Waals surface area contributed by atoms with Crippen molar-refractivity contribution in [3.63, 3.8) is 0 Å². The molecule has 1 aromatic carbocycles. The zero-order valence-corrected chi connectivity index (χ0v) is 14.6. The van der Waals surface area contributed by atoms with Crippen molar-refractivity contribution >= 4 is 15.6 Å². The normalized spacial score (nSPS) is 16.4. The van der Waals surface area contributed by atoms with Gasteiger partial charge in [-0.2, -0.15) is 0 Å². The predicted octanol–water partition coefficient (Wildman–Crippen LogP) is 4.71. The summed E-state index contributed by atoms with van der Waals surface area (Å²) in [6.07, 6.45) is 4.34. The van der Waals surface area contributed by atoms with Crippen LogP contribution in [-0.4, -0.2) is 15.1 Å². The topological polar surface area (TPSA) is 14.1 Å². The monoisotopic (exact) mass is 292 g/mol. The third-order valence-corrected chi connectivity index (χ3v) is 2.30. The molecule has 3 heteroatoms. The molecule has 96 valence electrons. The Morgan fingerprint density at radius 2 is 1.67 bits per heavy atom. The van der Waals surface area contributed by atoms with Gasteiger partial charge in [0.2, 0.25) is 0 Å². The Kier molecular flexibility index (Phi) is 8.04. The van der Waals surface area contributed by atoms with E-state index in [1.54, 1.807) is 0 Å². The molecule has 0 spiro atoms.